The summed E-state index contributed by atoms with van der Waals surface area (Å²) in [5.74, 6) is 0. The first kappa shape index (κ1) is 38.9. The molecule has 0 radical (unpaired) electrons. The lowest BCUT2D eigenvalue weighted by molar-refractivity contribution is -0.00000806. The van der Waals surface area contributed by atoms with Gasteiger partial charge in [0.25, 0.3) is 0 Å². The number of rotatable bonds is 30. The predicted molar refractivity (Wildman–Crippen MR) is 169 cm³/mol. The van der Waals surface area contributed by atoms with E-state index >= 15 is 0 Å². The smallest absolute Gasteiger partial charge is 0.0586 e. The van der Waals surface area contributed by atoms with Gasteiger partial charge in [-0.3, -0.25) is 0 Å². The van der Waals surface area contributed by atoms with Crippen molar-refractivity contribution in [2.45, 2.75) is 193 Å². The molecule has 0 N–H and O–H groups in total. The van der Waals surface area contributed by atoms with Crippen molar-refractivity contribution in [1.82, 2.24) is 0 Å². The molecule has 220 valence electrons. The maximum Gasteiger partial charge on any atom is 0.0586 e. The molecule has 0 aliphatic rings. The molecule has 0 rings (SSSR count). The Morgan fingerprint density at radius 2 is 0.444 bits per heavy atom. The topological polar surface area (TPSA) is 0 Å². The molecule has 0 aliphatic heterocycles. The van der Waals surface area contributed by atoms with Gasteiger partial charge in [0, 0.05) is 27.3 Å². The minimum atomic E-state index is -0.517. The molecule has 0 unspecified atom stereocenters. The van der Waals surface area contributed by atoms with Crippen molar-refractivity contribution >= 4 is 7.26 Å². The van der Waals surface area contributed by atoms with Gasteiger partial charge in [-0.25, -0.2) is 0 Å². The molecule has 0 atom stereocenters. The average Bonchev–Trinajstić information content (AvgIpc) is 2.82. The summed E-state index contributed by atoms with van der Waals surface area (Å²) in [5, 5.41) is 0. The van der Waals surface area contributed by atoms with Crippen LogP contribution in [-0.4, -0.2) is 26.2 Å². The lowest BCUT2D eigenvalue weighted by atomic mass is 10.0. The van der Waals surface area contributed by atoms with Crippen LogP contribution in [0.3, 0.4) is 0 Å². The van der Waals surface area contributed by atoms with Crippen molar-refractivity contribution in [3.8, 4) is 0 Å². The Labute approximate surface area is 238 Å². The van der Waals surface area contributed by atoms with Crippen LogP contribution in [0.4, 0.5) is 0 Å². The van der Waals surface area contributed by atoms with E-state index in [0.29, 0.717) is 0 Å². The molecule has 0 nitrogen and oxygen atoms in total. The van der Waals surface area contributed by atoms with E-state index in [0.717, 1.165) is 0 Å². The van der Waals surface area contributed by atoms with E-state index < -0.39 is 7.26 Å². The molecule has 0 saturated carbocycles. The van der Waals surface area contributed by atoms with Crippen molar-refractivity contribution in [3.63, 3.8) is 0 Å². The molecule has 0 amide bonds. The zero-order valence-corrected chi connectivity index (χ0v) is 27.7. The summed E-state index contributed by atoms with van der Waals surface area (Å²) < 4.78 is 0. The van der Waals surface area contributed by atoms with E-state index in [1.54, 1.807) is 0 Å². The van der Waals surface area contributed by atoms with Crippen molar-refractivity contribution in [1.29, 1.82) is 0 Å². The number of hydrogen-bond acceptors (Lipinski definition) is 0. The van der Waals surface area contributed by atoms with Crippen LogP contribution in [0.1, 0.15) is 193 Å². The van der Waals surface area contributed by atoms with Gasteiger partial charge < -0.3 is 12.4 Å². The van der Waals surface area contributed by atoms with Crippen molar-refractivity contribution in [2.75, 3.05) is 26.2 Å². The van der Waals surface area contributed by atoms with E-state index in [4.69, 9.17) is 0 Å². The molecule has 0 spiro atoms. The normalized spacial score (nSPS) is 11.7. The quantitative estimate of drug-likeness (QED) is 0.0620. The molecule has 0 aromatic carbocycles. The zero-order chi connectivity index (χ0) is 25.7. The minimum absolute atomic E-state index is 0. The predicted octanol–water partition coefficient (Wildman–Crippen LogP) is 10.2. The molecular weight excluding hydrogens is 475 g/mol. The molecule has 0 bridgehead atoms. The maximum absolute atomic E-state index is 2.48. The summed E-state index contributed by atoms with van der Waals surface area (Å²) in [7, 11) is -0.517. The van der Waals surface area contributed by atoms with Crippen molar-refractivity contribution < 1.29 is 12.4 Å². The lowest BCUT2D eigenvalue weighted by Crippen LogP contribution is -3.00. The van der Waals surface area contributed by atoms with Gasteiger partial charge in [-0.2, -0.15) is 0 Å². The van der Waals surface area contributed by atoms with Gasteiger partial charge in [0.1, 0.15) is 0 Å². The second-order valence-corrected chi connectivity index (χ2v) is 17.9. The van der Waals surface area contributed by atoms with E-state index in [9.17, 15) is 0 Å². The fourth-order valence-corrected chi connectivity index (χ4v) is 6.60. The highest BCUT2D eigenvalue weighted by molar-refractivity contribution is 7.73. The maximum atomic E-state index is 2.48. The average molecular weight is 547 g/mol. The molecule has 0 fully saturated rings. The Kier molecular flexibility index (Phi) is 34.5. The minimum Gasteiger partial charge on any atom is -1.00 e. The Morgan fingerprint density at radius 3 is 0.611 bits per heavy atom. The van der Waals surface area contributed by atoms with Crippen LogP contribution in [0.2, 0.25) is 0 Å². The summed E-state index contributed by atoms with van der Waals surface area (Å²) in [6, 6.07) is 0. The van der Waals surface area contributed by atoms with Crippen LogP contribution in [0, 0.1) is 0 Å². The first-order valence-corrected chi connectivity index (χ1v) is 20.2. The first-order chi connectivity index (χ1) is 17.1. The van der Waals surface area contributed by atoms with Crippen molar-refractivity contribution in [3.05, 3.63) is 0 Å². The second kappa shape index (κ2) is 31.9. The molecule has 0 aromatic heterocycles. The van der Waals surface area contributed by atoms with Gasteiger partial charge >= 0.3 is 0 Å². The number of unbranched alkanes of at least 4 members (excludes halogenated alkanes) is 28. The molecule has 0 aromatic rings. The van der Waals surface area contributed by atoms with E-state index in [-0.39, 0.29) is 12.4 Å². The zero-order valence-electron chi connectivity index (χ0n) is 26.0. The third-order valence-electron chi connectivity index (χ3n) is 7.93. The van der Waals surface area contributed by atoms with Crippen LogP contribution >= 0.6 is 7.26 Å². The van der Waals surface area contributed by atoms with Gasteiger partial charge in [0.05, 0.1) is 6.16 Å². The highest BCUT2D eigenvalue weighted by Crippen LogP contribution is 2.47. The highest BCUT2D eigenvalue weighted by Gasteiger charge is 2.15. The van der Waals surface area contributed by atoms with Gasteiger partial charge in [0.15, 0.2) is 0 Å². The Balaban J connectivity index is 0. The molecule has 0 heterocycles. The van der Waals surface area contributed by atoms with Gasteiger partial charge in [-0.1, -0.05) is 180 Å². The van der Waals surface area contributed by atoms with Gasteiger partial charge in [-0.15, -0.1) is 0 Å². The van der Waals surface area contributed by atoms with Crippen LogP contribution in [0.5, 0.6) is 0 Å². The Hall–Kier alpha value is 0.720. The first-order valence-electron chi connectivity index (χ1n) is 16.9. The van der Waals surface area contributed by atoms with Crippen molar-refractivity contribution in [2.24, 2.45) is 0 Å². The van der Waals surface area contributed by atoms with Crippen LogP contribution in [-0.2, 0) is 0 Å². The fraction of sp³-hybridized carbons (Fsp3) is 1.00. The summed E-state index contributed by atoms with van der Waals surface area (Å²) in [6.45, 7) is 9.75. The monoisotopic (exact) mass is 547 g/mol. The lowest BCUT2D eigenvalue weighted by Gasteiger charge is -2.10. The summed E-state index contributed by atoms with van der Waals surface area (Å²) in [4.78, 5) is 0. The number of halogens is 1. The summed E-state index contributed by atoms with van der Waals surface area (Å²) >= 11 is 0. The van der Waals surface area contributed by atoms with Gasteiger partial charge in [-0.05, 0) is 12.8 Å². The van der Waals surface area contributed by atoms with Crippen LogP contribution in [0.25, 0.3) is 0 Å². The molecule has 2 heteroatoms. The summed E-state index contributed by atoms with van der Waals surface area (Å²) in [6.07, 6.45) is 44.6. The molecular formula is C34H72ClP. The van der Waals surface area contributed by atoms with E-state index in [1.807, 2.05) is 0 Å². The van der Waals surface area contributed by atoms with E-state index in [1.165, 1.54) is 192 Å². The third kappa shape index (κ3) is 36.9. The molecule has 0 saturated heterocycles. The second-order valence-electron chi connectivity index (χ2n) is 12.9. The fourth-order valence-electron chi connectivity index (χ4n) is 5.43. The van der Waals surface area contributed by atoms with Crippen LogP contribution < -0.4 is 12.4 Å². The third-order valence-corrected chi connectivity index (χ3v) is 9.59. The highest BCUT2D eigenvalue weighted by atomic mass is 35.5. The number of hydrogen-bond donors (Lipinski definition) is 0. The van der Waals surface area contributed by atoms with E-state index in [2.05, 4.69) is 26.9 Å². The SMILES string of the molecule is CCCCCCCCCCCCCCCCCCCCCCCCCCCCCCC[P+](C)(C)C.[Cl-]. The standard InChI is InChI=1S/C34H72P.ClH/c1-5-6-7-8-9-10-11-12-13-14-15-16-17-18-19-20-21-22-23-24-25-26-27-28-29-30-31-32-33-34-35(2,3)4;/h5-34H2,1-4H3;1H/q+1;/p-1. The van der Waals surface area contributed by atoms with Gasteiger partial charge in [0.2, 0.25) is 0 Å². The Morgan fingerprint density at radius 1 is 0.278 bits per heavy atom. The molecule has 36 heavy (non-hydrogen) atoms. The summed E-state index contributed by atoms with van der Waals surface area (Å²) in [5.41, 5.74) is 0. The van der Waals surface area contributed by atoms with Crippen LogP contribution in [0.15, 0.2) is 0 Å². The Bertz CT molecular complexity index is 376. The largest absolute Gasteiger partial charge is 1.00 e. The molecule has 0 aliphatic carbocycles.